The zero-order chi connectivity index (χ0) is 14.5. The Morgan fingerprint density at radius 2 is 2.00 bits per heavy atom. The summed E-state index contributed by atoms with van der Waals surface area (Å²) in [4.78, 5) is 2.63. The topological polar surface area (TPSA) is 24.5 Å². The van der Waals surface area contributed by atoms with E-state index >= 15 is 0 Å². The predicted molar refractivity (Wildman–Crippen MR) is 84.1 cm³/mol. The molecular weight excluding hydrogens is 248 g/mol. The average Bonchev–Trinajstić information content (AvgIpc) is 2.42. The summed E-state index contributed by atoms with van der Waals surface area (Å²) in [5, 5.41) is 3.61. The first-order valence-electron chi connectivity index (χ1n) is 7.69. The third-order valence-electron chi connectivity index (χ3n) is 4.01. The van der Waals surface area contributed by atoms with Crippen LogP contribution in [0, 0.1) is 5.92 Å². The number of hydrogen-bond donors (Lipinski definition) is 1. The van der Waals surface area contributed by atoms with Crippen molar-refractivity contribution in [3.05, 3.63) is 29.8 Å². The Labute approximate surface area is 123 Å². The van der Waals surface area contributed by atoms with Crippen molar-refractivity contribution < 1.29 is 4.74 Å². The van der Waals surface area contributed by atoms with Gasteiger partial charge in [0.15, 0.2) is 0 Å². The number of nitrogens with one attached hydrogen (secondary N) is 1. The smallest absolute Gasteiger partial charge is 0.118 e. The molecule has 112 valence electrons. The molecule has 2 atom stereocenters. The molecular formula is C17H28N2O. The number of nitrogens with zero attached hydrogens (tertiary/aromatic N) is 1. The van der Waals surface area contributed by atoms with Gasteiger partial charge in [-0.15, -0.1) is 0 Å². The van der Waals surface area contributed by atoms with E-state index in [4.69, 9.17) is 4.74 Å². The summed E-state index contributed by atoms with van der Waals surface area (Å²) in [6, 6.07) is 9.69. The first-order chi connectivity index (χ1) is 9.58. The lowest BCUT2D eigenvalue weighted by Crippen LogP contribution is -2.55. The molecule has 0 aliphatic carbocycles. The van der Waals surface area contributed by atoms with Crippen molar-refractivity contribution in [2.24, 2.45) is 5.92 Å². The van der Waals surface area contributed by atoms with E-state index in [1.165, 1.54) is 12.0 Å². The van der Waals surface area contributed by atoms with Crippen molar-refractivity contribution in [1.29, 1.82) is 0 Å². The van der Waals surface area contributed by atoms with Crippen LogP contribution in [0.15, 0.2) is 24.3 Å². The lowest BCUT2D eigenvalue weighted by atomic mass is 9.98. The van der Waals surface area contributed by atoms with Crippen molar-refractivity contribution in [2.45, 2.75) is 45.8 Å². The van der Waals surface area contributed by atoms with Crippen LogP contribution in [0.2, 0.25) is 0 Å². The summed E-state index contributed by atoms with van der Waals surface area (Å²) in [5.74, 6) is 1.68. The largest absolute Gasteiger partial charge is 0.497 e. The van der Waals surface area contributed by atoms with Crippen molar-refractivity contribution in [3.8, 4) is 5.75 Å². The number of rotatable bonds is 5. The summed E-state index contributed by atoms with van der Waals surface area (Å²) in [7, 11) is 1.71. The zero-order valence-electron chi connectivity index (χ0n) is 13.2. The Morgan fingerprint density at radius 3 is 2.60 bits per heavy atom. The highest BCUT2D eigenvalue weighted by Crippen LogP contribution is 2.19. The number of ether oxygens (including phenoxy) is 1. The van der Waals surface area contributed by atoms with E-state index in [-0.39, 0.29) is 0 Å². The normalized spacial score (nSPS) is 24.1. The SMILES string of the molecule is COc1ccc(CN2CC(C)NCC2CC(C)C)cc1. The number of hydrogen-bond acceptors (Lipinski definition) is 3. The molecule has 3 nitrogen and oxygen atoms in total. The first kappa shape index (κ1) is 15.3. The second-order valence-electron chi connectivity index (χ2n) is 6.37. The summed E-state index contributed by atoms with van der Waals surface area (Å²) >= 11 is 0. The maximum Gasteiger partial charge on any atom is 0.118 e. The van der Waals surface area contributed by atoms with Crippen LogP contribution in [0.4, 0.5) is 0 Å². The maximum atomic E-state index is 5.23. The molecule has 2 rings (SSSR count). The van der Waals surface area contributed by atoms with E-state index in [2.05, 4.69) is 55.3 Å². The zero-order valence-corrected chi connectivity index (χ0v) is 13.2. The number of piperazine rings is 1. The van der Waals surface area contributed by atoms with Gasteiger partial charge >= 0.3 is 0 Å². The van der Waals surface area contributed by atoms with Crippen LogP contribution in [-0.2, 0) is 6.54 Å². The van der Waals surface area contributed by atoms with Crippen LogP contribution in [-0.4, -0.2) is 37.2 Å². The van der Waals surface area contributed by atoms with Gasteiger partial charge in [0.25, 0.3) is 0 Å². The third-order valence-corrected chi connectivity index (χ3v) is 4.01. The number of methoxy groups -OCH3 is 1. The Kier molecular flexibility index (Phi) is 5.44. The van der Waals surface area contributed by atoms with Crippen molar-refractivity contribution in [2.75, 3.05) is 20.2 Å². The molecule has 2 unspecified atom stereocenters. The standard InChI is InChI=1S/C17H28N2O/c1-13(2)9-16-10-18-14(3)11-19(16)12-15-5-7-17(20-4)8-6-15/h5-8,13-14,16,18H,9-12H2,1-4H3. The Hall–Kier alpha value is -1.06. The Balaban J connectivity index is 2.02. The highest BCUT2D eigenvalue weighted by Gasteiger charge is 2.26. The molecule has 1 N–H and O–H groups in total. The molecule has 1 saturated heterocycles. The minimum atomic E-state index is 0.580. The Bertz CT molecular complexity index is 402. The summed E-state index contributed by atoms with van der Waals surface area (Å²) in [5.41, 5.74) is 1.37. The van der Waals surface area contributed by atoms with Crippen LogP contribution >= 0.6 is 0 Å². The molecule has 0 bridgehead atoms. The first-order valence-corrected chi connectivity index (χ1v) is 7.69. The highest BCUT2D eigenvalue weighted by molar-refractivity contribution is 5.27. The van der Waals surface area contributed by atoms with Gasteiger partial charge in [-0.1, -0.05) is 26.0 Å². The molecule has 20 heavy (non-hydrogen) atoms. The Morgan fingerprint density at radius 1 is 1.30 bits per heavy atom. The summed E-state index contributed by atoms with van der Waals surface area (Å²) in [6.45, 7) is 10.2. The molecule has 0 radical (unpaired) electrons. The quantitative estimate of drug-likeness (QED) is 0.895. The monoisotopic (exact) mass is 276 g/mol. The molecule has 0 amide bonds. The van der Waals surface area contributed by atoms with E-state index < -0.39 is 0 Å². The lowest BCUT2D eigenvalue weighted by Gasteiger charge is -2.40. The van der Waals surface area contributed by atoms with Crippen LogP contribution in [0.25, 0.3) is 0 Å². The molecule has 1 heterocycles. The molecule has 1 fully saturated rings. The number of benzene rings is 1. The van der Waals surface area contributed by atoms with Crippen molar-refractivity contribution in [3.63, 3.8) is 0 Å². The minimum Gasteiger partial charge on any atom is -0.497 e. The van der Waals surface area contributed by atoms with Crippen molar-refractivity contribution in [1.82, 2.24) is 10.2 Å². The molecule has 0 spiro atoms. The summed E-state index contributed by atoms with van der Waals surface area (Å²) in [6.07, 6.45) is 1.26. The van der Waals surface area contributed by atoms with Crippen LogP contribution < -0.4 is 10.1 Å². The maximum absolute atomic E-state index is 5.23. The highest BCUT2D eigenvalue weighted by atomic mass is 16.5. The van der Waals surface area contributed by atoms with E-state index in [0.717, 1.165) is 31.3 Å². The van der Waals surface area contributed by atoms with Gasteiger partial charge in [-0.3, -0.25) is 4.90 Å². The van der Waals surface area contributed by atoms with Crippen LogP contribution in [0.5, 0.6) is 5.75 Å². The van der Waals surface area contributed by atoms with Gasteiger partial charge in [0.05, 0.1) is 7.11 Å². The van der Waals surface area contributed by atoms with Gasteiger partial charge in [0.2, 0.25) is 0 Å². The van der Waals surface area contributed by atoms with Crippen molar-refractivity contribution >= 4 is 0 Å². The fourth-order valence-electron chi connectivity index (χ4n) is 2.97. The van der Waals surface area contributed by atoms with E-state index in [1.807, 2.05) is 0 Å². The van der Waals surface area contributed by atoms with Gasteiger partial charge < -0.3 is 10.1 Å². The fraction of sp³-hybridized carbons (Fsp3) is 0.647. The van der Waals surface area contributed by atoms with Gasteiger partial charge in [-0.25, -0.2) is 0 Å². The molecule has 1 aromatic rings. The van der Waals surface area contributed by atoms with Gasteiger partial charge in [-0.2, -0.15) is 0 Å². The third kappa shape index (κ3) is 4.22. The van der Waals surface area contributed by atoms with Gasteiger partial charge in [-0.05, 0) is 37.0 Å². The minimum absolute atomic E-state index is 0.580. The lowest BCUT2D eigenvalue weighted by molar-refractivity contribution is 0.111. The molecule has 1 aliphatic rings. The second kappa shape index (κ2) is 7.09. The molecule has 0 aromatic heterocycles. The van der Waals surface area contributed by atoms with Gasteiger partial charge in [0.1, 0.15) is 5.75 Å². The summed E-state index contributed by atoms with van der Waals surface area (Å²) < 4.78 is 5.23. The van der Waals surface area contributed by atoms with E-state index in [0.29, 0.717) is 12.1 Å². The molecule has 1 aromatic carbocycles. The predicted octanol–water partition coefficient (Wildman–Crippen LogP) is 2.90. The molecule has 1 aliphatic heterocycles. The molecule has 3 heteroatoms. The average molecular weight is 276 g/mol. The van der Waals surface area contributed by atoms with Gasteiger partial charge in [0, 0.05) is 31.7 Å². The van der Waals surface area contributed by atoms with E-state index in [9.17, 15) is 0 Å². The van der Waals surface area contributed by atoms with E-state index in [1.54, 1.807) is 7.11 Å². The van der Waals surface area contributed by atoms with Crippen LogP contribution in [0.3, 0.4) is 0 Å². The fourth-order valence-corrected chi connectivity index (χ4v) is 2.97. The molecule has 0 saturated carbocycles. The van der Waals surface area contributed by atoms with Crippen LogP contribution in [0.1, 0.15) is 32.8 Å². The second-order valence-corrected chi connectivity index (χ2v) is 6.37.